The number of urea groups is 2. The van der Waals surface area contributed by atoms with E-state index in [9.17, 15) is 14.4 Å². The highest BCUT2D eigenvalue weighted by Gasteiger charge is 2.50. The van der Waals surface area contributed by atoms with E-state index in [-0.39, 0.29) is 6.54 Å². The summed E-state index contributed by atoms with van der Waals surface area (Å²) < 4.78 is 0. The number of amides is 5. The molecule has 1 heterocycles. The Balaban J connectivity index is 2.04. The van der Waals surface area contributed by atoms with E-state index >= 15 is 0 Å². The highest BCUT2D eigenvalue weighted by Crippen LogP contribution is 2.23. The van der Waals surface area contributed by atoms with Crippen molar-refractivity contribution in [2.24, 2.45) is 5.73 Å². The van der Waals surface area contributed by atoms with Crippen LogP contribution in [-0.4, -0.2) is 35.1 Å². The van der Waals surface area contributed by atoms with Crippen molar-refractivity contribution in [1.82, 2.24) is 15.8 Å². The Kier molecular flexibility index (Phi) is 5.20. The average Bonchev–Trinajstić information content (AvgIpc) is 2.80. The van der Waals surface area contributed by atoms with Gasteiger partial charge >= 0.3 is 12.1 Å². The number of hydrazine groups is 1. The fourth-order valence-electron chi connectivity index (χ4n) is 2.52. The molecule has 8 heteroatoms. The van der Waals surface area contributed by atoms with Crippen molar-refractivity contribution in [3.8, 4) is 0 Å². The first-order chi connectivity index (χ1) is 11.5. The van der Waals surface area contributed by atoms with Crippen LogP contribution in [0.4, 0.5) is 15.3 Å². The van der Waals surface area contributed by atoms with E-state index in [4.69, 9.17) is 5.73 Å². The van der Waals surface area contributed by atoms with E-state index in [2.05, 4.69) is 22.6 Å². The maximum Gasteiger partial charge on any atom is 0.344 e. The van der Waals surface area contributed by atoms with Gasteiger partial charge in [0.05, 0.1) is 0 Å². The summed E-state index contributed by atoms with van der Waals surface area (Å²) in [5.41, 5.74) is 8.15. The number of nitrogens with zero attached hydrogens (tertiary/aromatic N) is 1. The number of rotatable bonds is 6. The van der Waals surface area contributed by atoms with Gasteiger partial charge in [0.2, 0.25) is 0 Å². The van der Waals surface area contributed by atoms with Crippen LogP contribution in [0.2, 0.25) is 0 Å². The van der Waals surface area contributed by atoms with Gasteiger partial charge in [-0.15, -0.1) is 0 Å². The van der Waals surface area contributed by atoms with Crippen molar-refractivity contribution >= 4 is 29.7 Å². The molecular weight excluding hydrogens is 310 g/mol. The van der Waals surface area contributed by atoms with Crippen LogP contribution >= 0.6 is 0 Å². The third kappa shape index (κ3) is 3.38. The predicted octanol–water partition coefficient (Wildman–Crippen LogP) is 1.42. The van der Waals surface area contributed by atoms with Gasteiger partial charge in [0, 0.05) is 5.69 Å². The number of nitrogens with one attached hydrogen (secondary N) is 3. The Morgan fingerprint density at radius 1 is 1.38 bits per heavy atom. The van der Waals surface area contributed by atoms with Crippen LogP contribution in [0.25, 0.3) is 6.08 Å². The molecule has 8 nitrogen and oxygen atoms in total. The molecule has 0 radical (unpaired) electrons. The third-order valence-electron chi connectivity index (χ3n) is 3.95. The highest BCUT2D eigenvalue weighted by molar-refractivity contribution is 6.08. The van der Waals surface area contributed by atoms with E-state index in [1.165, 1.54) is 0 Å². The molecule has 0 aliphatic carbocycles. The Morgan fingerprint density at radius 2 is 2.04 bits per heavy atom. The van der Waals surface area contributed by atoms with E-state index < -0.39 is 23.5 Å². The topological polar surface area (TPSA) is 117 Å². The first-order valence-electron chi connectivity index (χ1n) is 7.62. The molecule has 0 spiro atoms. The van der Waals surface area contributed by atoms with Gasteiger partial charge in [-0.25, -0.2) is 15.0 Å². The third-order valence-corrected chi connectivity index (χ3v) is 3.95. The lowest BCUT2D eigenvalue weighted by Gasteiger charge is -2.24. The van der Waals surface area contributed by atoms with Gasteiger partial charge in [0.1, 0.15) is 5.54 Å². The normalized spacial score (nSPS) is 19.8. The molecular formula is C16H21N5O3. The molecule has 1 atom stereocenters. The van der Waals surface area contributed by atoms with Crippen molar-refractivity contribution in [3.63, 3.8) is 0 Å². The standard InChI is InChI=1S/C16H21N5O3/c1-3-11-5-7-12(8-6-11)18-14(23)20-21-13(22)16(4-2,9-10-17)19-15(21)24/h3,5-8H,1,4,9-10,17H2,2H3,(H,19,24)(H2,18,20,23). The second-order valence-electron chi connectivity index (χ2n) is 5.44. The Bertz CT molecular complexity index is 658. The van der Waals surface area contributed by atoms with Crippen molar-refractivity contribution in [3.05, 3.63) is 36.4 Å². The fraction of sp³-hybridized carbons (Fsp3) is 0.312. The zero-order valence-electron chi connectivity index (χ0n) is 13.5. The zero-order chi connectivity index (χ0) is 17.7. The molecule has 0 saturated carbocycles. The second kappa shape index (κ2) is 7.14. The lowest BCUT2D eigenvalue weighted by molar-refractivity contribution is -0.133. The number of hydrogen-bond donors (Lipinski definition) is 4. The molecule has 0 aromatic heterocycles. The minimum atomic E-state index is -1.06. The van der Waals surface area contributed by atoms with Crippen LogP contribution in [-0.2, 0) is 4.79 Å². The van der Waals surface area contributed by atoms with Crippen LogP contribution in [0.5, 0.6) is 0 Å². The smallest absolute Gasteiger partial charge is 0.330 e. The maximum absolute atomic E-state index is 12.5. The fourth-order valence-corrected chi connectivity index (χ4v) is 2.52. The van der Waals surface area contributed by atoms with E-state index in [0.29, 0.717) is 23.5 Å². The minimum absolute atomic E-state index is 0.246. The molecule has 128 valence electrons. The van der Waals surface area contributed by atoms with Gasteiger partial charge in [0.25, 0.3) is 5.91 Å². The van der Waals surface area contributed by atoms with Gasteiger partial charge in [-0.1, -0.05) is 31.7 Å². The summed E-state index contributed by atoms with van der Waals surface area (Å²) >= 11 is 0. The Morgan fingerprint density at radius 3 is 2.58 bits per heavy atom. The van der Waals surface area contributed by atoms with E-state index in [0.717, 1.165) is 5.56 Å². The number of anilines is 1. The van der Waals surface area contributed by atoms with Crippen molar-refractivity contribution in [1.29, 1.82) is 0 Å². The summed E-state index contributed by atoms with van der Waals surface area (Å²) in [6, 6.07) is 5.57. The molecule has 5 amide bonds. The largest absolute Gasteiger partial charge is 0.344 e. The van der Waals surface area contributed by atoms with Gasteiger partial charge in [-0.05, 0) is 37.1 Å². The summed E-state index contributed by atoms with van der Waals surface area (Å²) in [5.74, 6) is -0.516. The highest BCUT2D eigenvalue weighted by atomic mass is 16.2. The molecule has 1 aromatic carbocycles. The predicted molar refractivity (Wildman–Crippen MR) is 90.8 cm³/mol. The summed E-state index contributed by atoms with van der Waals surface area (Å²) in [6.45, 7) is 5.67. The summed E-state index contributed by atoms with van der Waals surface area (Å²) in [4.78, 5) is 36.5. The van der Waals surface area contributed by atoms with E-state index in [1.54, 1.807) is 37.3 Å². The number of hydrogen-bond acceptors (Lipinski definition) is 4. The van der Waals surface area contributed by atoms with Gasteiger partial charge in [-0.2, -0.15) is 5.01 Å². The molecule has 1 fully saturated rings. The van der Waals surface area contributed by atoms with E-state index in [1.807, 2.05) is 0 Å². The first-order valence-corrected chi connectivity index (χ1v) is 7.62. The van der Waals surface area contributed by atoms with Crippen LogP contribution in [0.1, 0.15) is 25.3 Å². The van der Waals surface area contributed by atoms with Crippen LogP contribution < -0.4 is 21.8 Å². The van der Waals surface area contributed by atoms with Crippen molar-refractivity contribution in [2.45, 2.75) is 25.3 Å². The monoisotopic (exact) mass is 331 g/mol. The molecule has 24 heavy (non-hydrogen) atoms. The molecule has 1 aliphatic heterocycles. The molecule has 5 N–H and O–H groups in total. The summed E-state index contributed by atoms with van der Waals surface area (Å²) in [7, 11) is 0. The molecule has 1 aliphatic rings. The summed E-state index contributed by atoms with van der Waals surface area (Å²) in [5, 5.41) is 5.85. The van der Waals surface area contributed by atoms with Crippen molar-refractivity contribution in [2.75, 3.05) is 11.9 Å². The Hall–Kier alpha value is -2.87. The minimum Gasteiger partial charge on any atom is -0.330 e. The van der Waals surface area contributed by atoms with Gasteiger partial charge in [-0.3, -0.25) is 4.79 Å². The molecule has 1 unspecified atom stereocenters. The quantitative estimate of drug-likeness (QED) is 0.590. The van der Waals surface area contributed by atoms with Crippen LogP contribution in [0.3, 0.4) is 0 Å². The molecule has 1 saturated heterocycles. The zero-order valence-corrected chi connectivity index (χ0v) is 13.5. The molecule has 0 bridgehead atoms. The SMILES string of the molecule is C=Cc1ccc(NC(=O)NN2C(=O)NC(CC)(CCN)C2=O)cc1. The van der Waals surface area contributed by atoms with Gasteiger partial charge in [0.15, 0.2) is 0 Å². The number of imide groups is 1. The number of nitrogens with two attached hydrogens (primary N) is 1. The lowest BCUT2D eigenvalue weighted by Crippen LogP contribution is -2.51. The van der Waals surface area contributed by atoms with Crippen LogP contribution in [0, 0.1) is 0 Å². The number of carbonyl (C=O) groups is 3. The van der Waals surface area contributed by atoms with Crippen molar-refractivity contribution < 1.29 is 14.4 Å². The van der Waals surface area contributed by atoms with Gasteiger partial charge < -0.3 is 16.4 Å². The molecule has 1 aromatic rings. The summed E-state index contributed by atoms with van der Waals surface area (Å²) in [6.07, 6.45) is 2.37. The number of benzene rings is 1. The maximum atomic E-state index is 12.5. The molecule has 2 rings (SSSR count). The second-order valence-corrected chi connectivity index (χ2v) is 5.44. The first kappa shape index (κ1) is 17.5. The number of carbonyl (C=O) groups excluding carboxylic acids is 3. The Labute approximate surface area is 140 Å². The van der Waals surface area contributed by atoms with Crippen LogP contribution in [0.15, 0.2) is 30.8 Å². The average molecular weight is 331 g/mol. The lowest BCUT2D eigenvalue weighted by atomic mass is 9.92.